The van der Waals surface area contributed by atoms with Gasteiger partial charge in [0.2, 0.25) is 0 Å². The number of aromatic nitrogens is 2. The molecule has 26 heavy (non-hydrogen) atoms. The minimum absolute atomic E-state index is 0.227. The van der Waals surface area contributed by atoms with Gasteiger partial charge < -0.3 is 15.2 Å². The molecule has 1 aromatic heterocycles. The molecule has 0 spiro atoms. The molecular weight excluding hydrogens is 335 g/mol. The van der Waals surface area contributed by atoms with Gasteiger partial charge in [0.05, 0.1) is 5.69 Å². The molecule has 3 rings (SSSR count). The number of fused-ring (bicyclic) bond motifs is 1. The zero-order valence-electron chi connectivity index (χ0n) is 14.8. The van der Waals surface area contributed by atoms with E-state index in [1.165, 1.54) is 24.3 Å². The van der Waals surface area contributed by atoms with Gasteiger partial charge in [-0.2, -0.15) is 0 Å². The number of anilines is 1. The maximum absolute atomic E-state index is 13.0. The maximum atomic E-state index is 13.0. The highest BCUT2D eigenvalue weighted by Gasteiger charge is 2.27. The molecule has 1 aromatic carbocycles. The first-order chi connectivity index (χ1) is 12.6. The molecule has 0 saturated carbocycles. The maximum Gasteiger partial charge on any atom is 0.291 e. The van der Waals surface area contributed by atoms with Gasteiger partial charge in [-0.15, -0.1) is 0 Å². The lowest BCUT2D eigenvalue weighted by molar-refractivity contribution is 0.0947. The summed E-state index contributed by atoms with van der Waals surface area (Å²) < 4.78 is 14.8. The topological polar surface area (TPSA) is 76.0 Å². The normalized spacial score (nSPS) is 13.2. The van der Waals surface area contributed by atoms with Gasteiger partial charge in [-0.25, -0.2) is 9.37 Å². The third-order valence-corrected chi connectivity index (χ3v) is 4.45. The lowest BCUT2D eigenvalue weighted by Crippen LogP contribution is -2.26. The number of unbranched alkanes of at least 4 members (excludes halogenated alkanes) is 1. The quantitative estimate of drug-likeness (QED) is 0.779. The summed E-state index contributed by atoms with van der Waals surface area (Å²) >= 11 is 0. The predicted octanol–water partition coefficient (Wildman–Crippen LogP) is 3.14. The number of amides is 2. The highest BCUT2D eigenvalue weighted by Crippen LogP contribution is 2.22. The van der Waals surface area contributed by atoms with Crippen LogP contribution in [0, 0.1) is 5.82 Å². The van der Waals surface area contributed by atoms with Crippen LogP contribution in [0.4, 0.5) is 10.1 Å². The zero-order chi connectivity index (χ0) is 18.5. The Bertz CT molecular complexity index is 799. The molecule has 6 nitrogen and oxygen atoms in total. The molecule has 1 aliphatic rings. The molecule has 2 heterocycles. The van der Waals surface area contributed by atoms with Crippen molar-refractivity contribution in [3.05, 3.63) is 47.3 Å². The Balaban J connectivity index is 1.83. The SMILES string of the molecule is CCCCNC(=O)c1nc(C(=O)Nc2ccc(F)cc2)n2c1CCCC2. The van der Waals surface area contributed by atoms with E-state index in [9.17, 15) is 14.0 Å². The van der Waals surface area contributed by atoms with Crippen molar-refractivity contribution in [2.75, 3.05) is 11.9 Å². The molecule has 0 bridgehead atoms. The average Bonchev–Trinajstić information content (AvgIpc) is 3.04. The summed E-state index contributed by atoms with van der Waals surface area (Å²) in [6, 6.07) is 5.55. The van der Waals surface area contributed by atoms with Crippen molar-refractivity contribution in [1.29, 1.82) is 0 Å². The summed E-state index contributed by atoms with van der Waals surface area (Å²) in [5.41, 5.74) is 1.64. The summed E-state index contributed by atoms with van der Waals surface area (Å²) in [4.78, 5) is 29.5. The molecule has 7 heteroatoms. The van der Waals surface area contributed by atoms with Gasteiger partial charge in [0, 0.05) is 18.8 Å². The van der Waals surface area contributed by atoms with Crippen molar-refractivity contribution < 1.29 is 14.0 Å². The van der Waals surface area contributed by atoms with Crippen LogP contribution >= 0.6 is 0 Å². The van der Waals surface area contributed by atoms with E-state index >= 15 is 0 Å². The number of rotatable bonds is 6. The lowest BCUT2D eigenvalue weighted by atomic mass is 10.1. The van der Waals surface area contributed by atoms with Gasteiger partial charge >= 0.3 is 0 Å². The molecule has 0 fully saturated rings. The first-order valence-electron chi connectivity index (χ1n) is 9.04. The number of halogens is 1. The van der Waals surface area contributed by atoms with Gasteiger partial charge in [0.1, 0.15) is 11.5 Å². The second-order valence-corrected chi connectivity index (χ2v) is 6.41. The Morgan fingerprint density at radius 2 is 1.96 bits per heavy atom. The van der Waals surface area contributed by atoms with Crippen LogP contribution in [0.25, 0.3) is 0 Å². The zero-order valence-corrected chi connectivity index (χ0v) is 14.8. The lowest BCUT2D eigenvalue weighted by Gasteiger charge is -2.17. The number of benzene rings is 1. The summed E-state index contributed by atoms with van der Waals surface area (Å²) in [6.45, 7) is 3.32. The van der Waals surface area contributed by atoms with E-state index in [0.29, 0.717) is 24.5 Å². The molecule has 0 radical (unpaired) electrons. The Kier molecular flexibility index (Phi) is 5.65. The minimum atomic E-state index is -0.396. The third-order valence-electron chi connectivity index (χ3n) is 4.45. The van der Waals surface area contributed by atoms with Crippen molar-refractivity contribution >= 4 is 17.5 Å². The molecule has 138 valence electrons. The number of carbonyl (C=O) groups excluding carboxylic acids is 2. The summed E-state index contributed by atoms with van der Waals surface area (Å²) in [5, 5.41) is 5.59. The molecule has 2 N–H and O–H groups in total. The Morgan fingerprint density at radius 1 is 1.19 bits per heavy atom. The van der Waals surface area contributed by atoms with Gasteiger partial charge in [-0.3, -0.25) is 9.59 Å². The van der Waals surface area contributed by atoms with Crippen molar-refractivity contribution in [2.24, 2.45) is 0 Å². The number of hydrogen-bond acceptors (Lipinski definition) is 3. The highest BCUT2D eigenvalue weighted by molar-refractivity contribution is 6.03. The van der Waals surface area contributed by atoms with Crippen molar-refractivity contribution in [3.8, 4) is 0 Å². The standard InChI is InChI=1S/C19H23FN4O2/c1-2-3-11-21-18(25)16-15-6-4-5-12-24(15)17(23-16)19(26)22-14-9-7-13(20)8-10-14/h7-10H,2-6,11-12H2,1H3,(H,21,25)(H,22,26). The van der Waals surface area contributed by atoms with Gasteiger partial charge in [0.15, 0.2) is 5.82 Å². The first-order valence-corrected chi connectivity index (χ1v) is 9.04. The van der Waals surface area contributed by atoms with Crippen molar-refractivity contribution in [3.63, 3.8) is 0 Å². The van der Waals surface area contributed by atoms with E-state index in [1.807, 2.05) is 4.57 Å². The third kappa shape index (κ3) is 3.92. The number of nitrogens with zero attached hydrogens (tertiary/aromatic N) is 2. The van der Waals surface area contributed by atoms with E-state index in [4.69, 9.17) is 0 Å². The second kappa shape index (κ2) is 8.12. The number of imidazole rings is 1. The van der Waals surface area contributed by atoms with Crippen LogP contribution in [0.15, 0.2) is 24.3 Å². The number of carbonyl (C=O) groups is 2. The molecule has 0 saturated heterocycles. The number of nitrogens with one attached hydrogen (secondary N) is 2. The van der Waals surface area contributed by atoms with Crippen molar-refractivity contribution in [1.82, 2.24) is 14.9 Å². The Labute approximate surface area is 151 Å². The predicted molar refractivity (Wildman–Crippen MR) is 96.8 cm³/mol. The molecule has 0 unspecified atom stereocenters. The van der Waals surface area contributed by atoms with E-state index in [2.05, 4.69) is 22.5 Å². The fraction of sp³-hybridized carbons (Fsp3) is 0.421. The Hall–Kier alpha value is -2.70. The molecule has 0 aliphatic carbocycles. The number of hydrogen-bond donors (Lipinski definition) is 2. The van der Waals surface area contributed by atoms with Crippen molar-refractivity contribution in [2.45, 2.75) is 45.6 Å². The van der Waals surface area contributed by atoms with Gasteiger partial charge in [-0.05, 0) is 49.9 Å². The smallest absolute Gasteiger partial charge is 0.291 e. The average molecular weight is 358 g/mol. The van der Waals surface area contributed by atoms with Crippen LogP contribution in [-0.2, 0) is 13.0 Å². The molecule has 2 amide bonds. The van der Waals surface area contributed by atoms with Crippen LogP contribution in [0.3, 0.4) is 0 Å². The second-order valence-electron chi connectivity index (χ2n) is 6.41. The van der Waals surface area contributed by atoms with Crippen LogP contribution in [0.5, 0.6) is 0 Å². The molecule has 2 aromatic rings. The summed E-state index contributed by atoms with van der Waals surface area (Å²) in [6.07, 6.45) is 4.54. The van der Waals surface area contributed by atoms with E-state index in [0.717, 1.165) is 37.8 Å². The Morgan fingerprint density at radius 3 is 2.69 bits per heavy atom. The molecule has 1 aliphatic heterocycles. The molecule has 0 atom stereocenters. The largest absolute Gasteiger partial charge is 0.351 e. The van der Waals surface area contributed by atoms with Crippen LogP contribution in [0.1, 0.15) is 59.4 Å². The van der Waals surface area contributed by atoms with Crippen LogP contribution < -0.4 is 10.6 Å². The van der Waals surface area contributed by atoms with E-state index < -0.39 is 5.91 Å². The minimum Gasteiger partial charge on any atom is -0.351 e. The van der Waals surface area contributed by atoms with Crippen LogP contribution in [-0.4, -0.2) is 27.9 Å². The summed E-state index contributed by atoms with van der Waals surface area (Å²) in [7, 11) is 0. The van der Waals surface area contributed by atoms with Gasteiger partial charge in [0.25, 0.3) is 11.8 Å². The fourth-order valence-electron chi connectivity index (χ4n) is 3.08. The van der Waals surface area contributed by atoms with E-state index in [1.54, 1.807) is 0 Å². The van der Waals surface area contributed by atoms with Crippen LogP contribution in [0.2, 0.25) is 0 Å². The summed E-state index contributed by atoms with van der Waals surface area (Å²) in [5.74, 6) is -0.769. The first kappa shape index (κ1) is 18.1. The van der Waals surface area contributed by atoms with E-state index in [-0.39, 0.29) is 17.5 Å². The fourth-order valence-corrected chi connectivity index (χ4v) is 3.08. The highest BCUT2D eigenvalue weighted by atomic mass is 19.1. The monoisotopic (exact) mass is 358 g/mol. The molecular formula is C19H23FN4O2. The van der Waals surface area contributed by atoms with Gasteiger partial charge in [-0.1, -0.05) is 13.3 Å².